The quantitative estimate of drug-likeness (QED) is 0.684. The van der Waals surface area contributed by atoms with Crippen LogP contribution in [0.25, 0.3) is 11.4 Å². The van der Waals surface area contributed by atoms with Crippen LogP contribution in [0.5, 0.6) is 0 Å². The zero-order chi connectivity index (χ0) is 19.1. The number of alkyl halides is 1. The van der Waals surface area contributed by atoms with E-state index in [1.165, 1.54) is 12.1 Å². The van der Waals surface area contributed by atoms with Crippen LogP contribution in [0.3, 0.4) is 0 Å². The topological polar surface area (TPSA) is 41.9 Å². The molecule has 2 aliphatic rings. The number of nitrogens with zero attached hydrogens (tertiary/aromatic N) is 4. The number of aromatic nitrogens is 3. The molecule has 1 saturated heterocycles. The van der Waals surface area contributed by atoms with E-state index >= 15 is 4.39 Å². The van der Waals surface area contributed by atoms with Crippen molar-refractivity contribution < 1.29 is 8.78 Å². The lowest BCUT2D eigenvalue weighted by atomic mass is 9.95. The molecule has 3 heterocycles. The molecule has 0 N–H and O–H groups in total. The second-order valence-corrected chi connectivity index (χ2v) is 7.53. The highest BCUT2D eigenvalue weighted by Gasteiger charge is 2.41. The summed E-state index contributed by atoms with van der Waals surface area (Å²) in [5.41, 5.74) is 2.14. The lowest BCUT2D eigenvalue weighted by Gasteiger charge is -2.24. The van der Waals surface area contributed by atoms with Gasteiger partial charge in [-0.1, -0.05) is 12.1 Å². The number of pyridine rings is 1. The van der Waals surface area contributed by atoms with Crippen molar-refractivity contribution in [2.24, 2.45) is 0 Å². The van der Waals surface area contributed by atoms with Crippen molar-refractivity contribution in [1.29, 1.82) is 0 Å². The molecule has 0 bridgehead atoms. The maximum atomic E-state index is 15.7. The molecule has 1 aromatic carbocycles. The molecule has 1 atom stereocenters. The van der Waals surface area contributed by atoms with E-state index < -0.39 is 5.67 Å². The summed E-state index contributed by atoms with van der Waals surface area (Å²) in [5.74, 6) is 1.16. The molecule has 0 amide bonds. The van der Waals surface area contributed by atoms with Crippen LogP contribution < -0.4 is 4.90 Å². The van der Waals surface area contributed by atoms with Crippen molar-refractivity contribution in [2.75, 3.05) is 18.0 Å². The number of aryl methyl sites for hydroxylation is 1. The van der Waals surface area contributed by atoms with Crippen molar-refractivity contribution in [1.82, 2.24) is 15.0 Å². The maximum Gasteiger partial charge on any atom is 0.161 e. The zero-order valence-electron chi connectivity index (χ0n) is 15.4. The van der Waals surface area contributed by atoms with Gasteiger partial charge >= 0.3 is 0 Å². The van der Waals surface area contributed by atoms with Gasteiger partial charge in [0.15, 0.2) is 11.5 Å². The van der Waals surface area contributed by atoms with Gasteiger partial charge < -0.3 is 4.90 Å². The van der Waals surface area contributed by atoms with Gasteiger partial charge in [-0.3, -0.25) is 4.98 Å². The Labute approximate surface area is 162 Å². The average Bonchev–Trinajstić information content (AvgIpc) is 3.36. The van der Waals surface area contributed by atoms with E-state index in [1.807, 2.05) is 17.0 Å². The lowest BCUT2D eigenvalue weighted by Crippen LogP contribution is -2.28. The number of fused-ring (bicyclic) bond motifs is 1. The first-order chi connectivity index (χ1) is 13.6. The van der Waals surface area contributed by atoms with E-state index in [9.17, 15) is 4.39 Å². The van der Waals surface area contributed by atoms with Crippen molar-refractivity contribution in [3.05, 3.63) is 71.4 Å². The molecule has 1 fully saturated rings. The first kappa shape index (κ1) is 17.2. The molecule has 1 aliphatic carbocycles. The number of hydrogen-bond acceptors (Lipinski definition) is 4. The molecule has 0 radical (unpaired) electrons. The second kappa shape index (κ2) is 6.62. The molecule has 142 valence electrons. The highest BCUT2D eigenvalue weighted by atomic mass is 19.1. The van der Waals surface area contributed by atoms with Crippen LogP contribution in [0.4, 0.5) is 14.6 Å². The largest absolute Gasteiger partial charge is 0.353 e. The molecule has 2 aromatic heterocycles. The van der Waals surface area contributed by atoms with Crippen molar-refractivity contribution in [3.8, 4) is 11.4 Å². The molecule has 0 saturated carbocycles. The molecule has 3 aromatic rings. The second-order valence-electron chi connectivity index (χ2n) is 7.53. The molecular weight excluding hydrogens is 358 g/mol. The molecule has 1 unspecified atom stereocenters. The van der Waals surface area contributed by atoms with Crippen molar-refractivity contribution in [2.45, 2.75) is 31.4 Å². The Balaban J connectivity index is 1.51. The summed E-state index contributed by atoms with van der Waals surface area (Å²) in [6.07, 6.45) is 6.71. The summed E-state index contributed by atoms with van der Waals surface area (Å²) in [6, 6.07) is 9.52. The lowest BCUT2D eigenvalue weighted by molar-refractivity contribution is 0.196. The van der Waals surface area contributed by atoms with Crippen LogP contribution in [0.2, 0.25) is 0 Å². The van der Waals surface area contributed by atoms with Gasteiger partial charge in [0, 0.05) is 42.2 Å². The zero-order valence-corrected chi connectivity index (χ0v) is 15.4. The van der Waals surface area contributed by atoms with Gasteiger partial charge in [-0.05, 0) is 49.1 Å². The predicted molar refractivity (Wildman–Crippen MR) is 103 cm³/mol. The minimum atomic E-state index is -1.50. The fourth-order valence-electron chi connectivity index (χ4n) is 4.24. The normalized spacial score (nSPS) is 21.1. The van der Waals surface area contributed by atoms with Gasteiger partial charge in [0.05, 0.1) is 6.54 Å². The molecule has 0 spiro atoms. The SMILES string of the molecule is Fc1ccc(C2(F)CCN(c3nc(-c4ccncc4)nc4c3CCC4)C2)cc1. The van der Waals surface area contributed by atoms with Crippen LogP contribution in [0.1, 0.15) is 29.7 Å². The Morgan fingerprint density at radius 1 is 0.964 bits per heavy atom. The molecule has 28 heavy (non-hydrogen) atoms. The standard InChI is InChI=1S/C22H20F2N4/c23-17-6-4-16(5-7-17)22(24)10-13-28(14-22)21-18-2-1-3-19(18)26-20(27-21)15-8-11-25-12-9-15/h4-9,11-12H,1-3,10,13-14H2. The Morgan fingerprint density at radius 3 is 2.54 bits per heavy atom. The fraction of sp³-hybridized carbons (Fsp3) is 0.318. The van der Waals surface area contributed by atoms with E-state index in [0.717, 1.165) is 41.9 Å². The summed E-state index contributed by atoms with van der Waals surface area (Å²) >= 11 is 0. The Bertz CT molecular complexity index is 1010. The van der Waals surface area contributed by atoms with Crippen molar-refractivity contribution >= 4 is 5.82 Å². The minimum Gasteiger partial charge on any atom is -0.353 e. The number of hydrogen-bond donors (Lipinski definition) is 0. The fourth-order valence-corrected chi connectivity index (χ4v) is 4.24. The highest BCUT2D eigenvalue weighted by molar-refractivity contribution is 5.61. The molecule has 6 heteroatoms. The molecule has 5 rings (SSSR count). The summed E-state index contributed by atoms with van der Waals surface area (Å²) in [7, 11) is 0. The Morgan fingerprint density at radius 2 is 1.75 bits per heavy atom. The van der Waals surface area contributed by atoms with Crippen LogP contribution in [-0.2, 0) is 18.5 Å². The van der Waals surface area contributed by atoms with E-state index in [2.05, 4.69) is 4.98 Å². The summed E-state index contributed by atoms with van der Waals surface area (Å²) in [5, 5.41) is 0. The average molecular weight is 378 g/mol. The van der Waals surface area contributed by atoms with Crippen LogP contribution in [0, 0.1) is 5.82 Å². The van der Waals surface area contributed by atoms with Crippen LogP contribution in [-0.4, -0.2) is 28.0 Å². The van der Waals surface area contributed by atoms with E-state index in [0.29, 0.717) is 24.4 Å². The van der Waals surface area contributed by atoms with E-state index in [1.54, 1.807) is 24.5 Å². The first-order valence-corrected chi connectivity index (χ1v) is 9.62. The molecule has 4 nitrogen and oxygen atoms in total. The summed E-state index contributed by atoms with van der Waals surface area (Å²) < 4.78 is 28.9. The maximum absolute atomic E-state index is 15.7. The Kier molecular flexibility index (Phi) is 4.07. The van der Waals surface area contributed by atoms with Crippen molar-refractivity contribution in [3.63, 3.8) is 0 Å². The summed E-state index contributed by atoms with van der Waals surface area (Å²) in [6.45, 7) is 0.797. The van der Waals surface area contributed by atoms with E-state index in [-0.39, 0.29) is 12.4 Å². The Hall–Kier alpha value is -2.89. The molecular formula is C22H20F2N4. The summed E-state index contributed by atoms with van der Waals surface area (Å²) in [4.78, 5) is 15.7. The first-order valence-electron chi connectivity index (χ1n) is 9.62. The number of anilines is 1. The predicted octanol–water partition coefficient (Wildman–Crippen LogP) is 4.24. The molecule has 1 aliphatic heterocycles. The number of halogens is 2. The monoisotopic (exact) mass is 378 g/mol. The number of benzene rings is 1. The highest BCUT2D eigenvalue weighted by Crippen LogP contribution is 2.40. The van der Waals surface area contributed by atoms with Gasteiger partial charge in [-0.2, -0.15) is 0 Å². The smallest absolute Gasteiger partial charge is 0.161 e. The third-order valence-electron chi connectivity index (χ3n) is 5.73. The van der Waals surface area contributed by atoms with Crippen LogP contribution in [0.15, 0.2) is 48.8 Å². The minimum absolute atomic E-state index is 0.220. The van der Waals surface area contributed by atoms with Gasteiger partial charge in [0.25, 0.3) is 0 Å². The number of rotatable bonds is 3. The van der Waals surface area contributed by atoms with Gasteiger partial charge in [0.1, 0.15) is 11.6 Å². The third kappa shape index (κ3) is 2.93. The van der Waals surface area contributed by atoms with Gasteiger partial charge in [0.2, 0.25) is 0 Å². The van der Waals surface area contributed by atoms with Crippen LogP contribution >= 0.6 is 0 Å². The van der Waals surface area contributed by atoms with Gasteiger partial charge in [-0.15, -0.1) is 0 Å². The van der Waals surface area contributed by atoms with E-state index in [4.69, 9.17) is 9.97 Å². The van der Waals surface area contributed by atoms with Gasteiger partial charge in [-0.25, -0.2) is 18.7 Å². The third-order valence-corrected chi connectivity index (χ3v) is 5.73.